The van der Waals surface area contributed by atoms with Gasteiger partial charge in [-0.1, -0.05) is 0 Å². The minimum atomic E-state index is -0.130. The van der Waals surface area contributed by atoms with Crippen LogP contribution in [-0.4, -0.2) is 37.9 Å². The second-order valence-electron chi connectivity index (χ2n) is 6.80. The molecule has 0 bridgehead atoms. The number of anilines is 2. The van der Waals surface area contributed by atoms with Gasteiger partial charge in [-0.05, 0) is 49.6 Å². The topological polar surface area (TPSA) is 119 Å². The third-order valence-corrected chi connectivity index (χ3v) is 4.78. The van der Waals surface area contributed by atoms with Crippen molar-refractivity contribution in [1.29, 1.82) is 0 Å². The Hall–Kier alpha value is -3.55. The van der Waals surface area contributed by atoms with Gasteiger partial charge in [0.15, 0.2) is 0 Å². The van der Waals surface area contributed by atoms with Crippen LogP contribution in [0.2, 0.25) is 0 Å². The monoisotopic (exact) mass is 375 g/mol. The van der Waals surface area contributed by atoms with E-state index < -0.39 is 0 Å². The number of hydrogen-bond acceptors (Lipinski definition) is 7. The van der Waals surface area contributed by atoms with Crippen molar-refractivity contribution in [3.05, 3.63) is 60.7 Å². The van der Waals surface area contributed by atoms with Crippen molar-refractivity contribution >= 4 is 17.7 Å². The van der Waals surface area contributed by atoms with Crippen LogP contribution in [0.25, 0.3) is 11.3 Å². The van der Waals surface area contributed by atoms with Gasteiger partial charge in [0.05, 0.1) is 11.3 Å². The van der Waals surface area contributed by atoms with E-state index in [1.807, 2.05) is 18.2 Å². The molecule has 0 aromatic carbocycles. The number of nitrogens with zero attached hydrogens (tertiary/aromatic N) is 4. The summed E-state index contributed by atoms with van der Waals surface area (Å²) in [5.41, 5.74) is 7.92. The van der Waals surface area contributed by atoms with Gasteiger partial charge in [0.1, 0.15) is 5.82 Å². The van der Waals surface area contributed by atoms with Crippen molar-refractivity contribution < 1.29 is 4.79 Å². The van der Waals surface area contributed by atoms with E-state index in [9.17, 15) is 4.79 Å². The number of nitrogens with two attached hydrogens (primary N) is 1. The number of nitrogens with one attached hydrogen (secondary N) is 2. The van der Waals surface area contributed by atoms with Crippen LogP contribution in [0.3, 0.4) is 0 Å². The molecule has 4 rings (SSSR count). The second kappa shape index (κ2) is 7.99. The molecule has 142 valence electrons. The third kappa shape index (κ3) is 4.22. The van der Waals surface area contributed by atoms with Gasteiger partial charge in [-0.2, -0.15) is 0 Å². The molecule has 1 aliphatic carbocycles. The first kappa shape index (κ1) is 17.8. The number of carbonyl (C=O) groups is 1. The Morgan fingerprint density at radius 2 is 1.82 bits per heavy atom. The summed E-state index contributed by atoms with van der Waals surface area (Å²) in [6, 6.07) is 9.33. The van der Waals surface area contributed by atoms with E-state index in [-0.39, 0.29) is 18.0 Å². The van der Waals surface area contributed by atoms with Gasteiger partial charge in [0.2, 0.25) is 5.95 Å². The quantitative estimate of drug-likeness (QED) is 0.626. The van der Waals surface area contributed by atoms with Gasteiger partial charge >= 0.3 is 0 Å². The van der Waals surface area contributed by atoms with E-state index in [0.29, 0.717) is 17.3 Å². The predicted molar refractivity (Wildman–Crippen MR) is 106 cm³/mol. The standard InChI is InChI=1S/C20H21N7O/c21-18-4-1-14(12-24-18)19(28)25-15-2-3-16(11-15)26-20-23-10-7-17(27-20)13-5-8-22-9-6-13/h1,4-10,12,15-16H,2-3,11H2,(H2,21,24)(H,25,28)(H,23,26,27)/t15-,16-/m0/s1. The number of aromatic nitrogens is 4. The largest absolute Gasteiger partial charge is 0.384 e. The smallest absolute Gasteiger partial charge is 0.253 e. The lowest BCUT2D eigenvalue weighted by Crippen LogP contribution is -2.34. The Bertz CT molecular complexity index is 946. The molecule has 2 atom stereocenters. The highest BCUT2D eigenvalue weighted by atomic mass is 16.1. The van der Waals surface area contributed by atoms with Crippen molar-refractivity contribution in [2.24, 2.45) is 0 Å². The number of hydrogen-bond donors (Lipinski definition) is 3. The number of carbonyl (C=O) groups excluding carboxylic acids is 1. The molecule has 1 aliphatic rings. The highest BCUT2D eigenvalue weighted by Gasteiger charge is 2.26. The number of amides is 1. The van der Waals surface area contributed by atoms with Gasteiger partial charge in [0.25, 0.3) is 5.91 Å². The molecule has 0 aliphatic heterocycles. The maximum absolute atomic E-state index is 12.3. The summed E-state index contributed by atoms with van der Waals surface area (Å²) in [5.74, 6) is 0.860. The molecule has 1 amide bonds. The SMILES string of the molecule is Nc1ccc(C(=O)N[C@H]2CC[C@H](Nc3nccc(-c4ccncc4)n3)C2)cn1. The first-order valence-electron chi connectivity index (χ1n) is 9.20. The van der Waals surface area contributed by atoms with Gasteiger partial charge in [-0.25, -0.2) is 15.0 Å². The average Bonchev–Trinajstić information content (AvgIpc) is 3.16. The minimum Gasteiger partial charge on any atom is -0.384 e. The Balaban J connectivity index is 1.35. The van der Waals surface area contributed by atoms with Crippen LogP contribution >= 0.6 is 0 Å². The fraction of sp³-hybridized carbons (Fsp3) is 0.250. The Kier molecular flexibility index (Phi) is 5.09. The highest BCUT2D eigenvalue weighted by molar-refractivity contribution is 5.94. The first-order chi connectivity index (χ1) is 13.7. The molecule has 0 spiro atoms. The molecule has 1 fully saturated rings. The number of nitrogen functional groups attached to an aromatic ring is 1. The van der Waals surface area contributed by atoms with Gasteiger partial charge in [0, 0.05) is 42.4 Å². The van der Waals surface area contributed by atoms with Crippen molar-refractivity contribution in [2.75, 3.05) is 11.1 Å². The van der Waals surface area contributed by atoms with E-state index >= 15 is 0 Å². The maximum atomic E-state index is 12.3. The molecule has 3 heterocycles. The normalized spacial score (nSPS) is 18.6. The summed E-state index contributed by atoms with van der Waals surface area (Å²) in [7, 11) is 0. The van der Waals surface area contributed by atoms with Crippen molar-refractivity contribution in [3.8, 4) is 11.3 Å². The summed E-state index contributed by atoms with van der Waals surface area (Å²) >= 11 is 0. The molecule has 28 heavy (non-hydrogen) atoms. The Morgan fingerprint density at radius 1 is 1.00 bits per heavy atom. The summed E-state index contributed by atoms with van der Waals surface area (Å²) in [6.07, 6.45) is 9.37. The van der Waals surface area contributed by atoms with Crippen molar-refractivity contribution in [2.45, 2.75) is 31.3 Å². The zero-order valence-electron chi connectivity index (χ0n) is 15.2. The van der Waals surface area contributed by atoms with Crippen LogP contribution in [0.5, 0.6) is 0 Å². The Labute approximate surface area is 162 Å². The molecule has 0 radical (unpaired) electrons. The van der Waals surface area contributed by atoms with Crippen LogP contribution in [-0.2, 0) is 0 Å². The summed E-state index contributed by atoms with van der Waals surface area (Å²) in [6.45, 7) is 0. The van der Waals surface area contributed by atoms with Crippen LogP contribution in [0.15, 0.2) is 55.1 Å². The van der Waals surface area contributed by atoms with Crippen LogP contribution < -0.4 is 16.4 Å². The fourth-order valence-electron chi connectivity index (χ4n) is 3.35. The average molecular weight is 375 g/mol. The van der Waals surface area contributed by atoms with Gasteiger partial charge in [-0.15, -0.1) is 0 Å². The maximum Gasteiger partial charge on any atom is 0.253 e. The molecule has 8 heteroatoms. The molecular weight excluding hydrogens is 354 g/mol. The molecule has 1 saturated carbocycles. The van der Waals surface area contributed by atoms with E-state index in [1.54, 1.807) is 30.7 Å². The van der Waals surface area contributed by atoms with E-state index in [4.69, 9.17) is 5.73 Å². The zero-order valence-corrected chi connectivity index (χ0v) is 15.2. The highest BCUT2D eigenvalue weighted by Crippen LogP contribution is 2.23. The molecule has 3 aromatic rings. The van der Waals surface area contributed by atoms with Crippen molar-refractivity contribution in [3.63, 3.8) is 0 Å². The summed E-state index contributed by atoms with van der Waals surface area (Å²) in [4.78, 5) is 29.2. The van der Waals surface area contributed by atoms with Crippen LogP contribution in [0.1, 0.15) is 29.6 Å². The summed E-state index contributed by atoms with van der Waals surface area (Å²) < 4.78 is 0. The van der Waals surface area contributed by atoms with Crippen LogP contribution in [0, 0.1) is 0 Å². The molecule has 4 N–H and O–H groups in total. The fourth-order valence-corrected chi connectivity index (χ4v) is 3.35. The second-order valence-corrected chi connectivity index (χ2v) is 6.80. The molecular formula is C20H21N7O. The van der Waals surface area contributed by atoms with E-state index in [0.717, 1.165) is 30.5 Å². The third-order valence-electron chi connectivity index (χ3n) is 4.78. The lowest BCUT2D eigenvalue weighted by Gasteiger charge is -2.15. The van der Waals surface area contributed by atoms with Crippen molar-refractivity contribution in [1.82, 2.24) is 25.3 Å². The van der Waals surface area contributed by atoms with Crippen LogP contribution in [0.4, 0.5) is 11.8 Å². The number of pyridine rings is 2. The molecule has 0 saturated heterocycles. The predicted octanol–water partition coefficient (Wildman–Crippen LogP) is 2.28. The number of rotatable bonds is 5. The molecule has 0 unspecified atom stereocenters. The molecule has 3 aromatic heterocycles. The van der Waals surface area contributed by atoms with Gasteiger partial charge < -0.3 is 16.4 Å². The van der Waals surface area contributed by atoms with E-state index in [2.05, 4.69) is 30.6 Å². The van der Waals surface area contributed by atoms with E-state index in [1.165, 1.54) is 6.20 Å². The van der Waals surface area contributed by atoms with Gasteiger partial charge in [-0.3, -0.25) is 9.78 Å². The summed E-state index contributed by atoms with van der Waals surface area (Å²) in [5, 5.41) is 6.44. The molecule has 8 nitrogen and oxygen atoms in total. The first-order valence-corrected chi connectivity index (χ1v) is 9.20. The Morgan fingerprint density at radius 3 is 2.61 bits per heavy atom. The lowest BCUT2D eigenvalue weighted by atomic mass is 10.2. The lowest BCUT2D eigenvalue weighted by molar-refractivity contribution is 0.0937. The zero-order chi connectivity index (χ0) is 19.3. The minimum absolute atomic E-state index is 0.103.